The maximum atomic E-state index is 12.6. The molecule has 1 aliphatic rings. The maximum Gasteiger partial charge on any atom is 0.250 e. The summed E-state index contributed by atoms with van der Waals surface area (Å²) in [5.41, 5.74) is 0.808. The number of benzene rings is 1. The summed E-state index contributed by atoms with van der Waals surface area (Å²) in [5.74, 6) is -0.170. The van der Waals surface area contributed by atoms with Gasteiger partial charge < -0.3 is 15.0 Å². The van der Waals surface area contributed by atoms with Crippen LogP contribution in [0, 0.1) is 0 Å². The van der Waals surface area contributed by atoms with Crippen molar-refractivity contribution in [1.29, 1.82) is 0 Å². The molecule has 0 radical (unpaired) electrons. The van der Waals surface area contributed by atoms with Gasteiger partial charge in [-0.15, -0.1) is 0 Å². The molecule has 2 atom stereocenters. The van der Waals surface area contributed by atoms with E-state index in [0.717, 1.165) is 5.56 Å². The fourth-order valence-electron chi connectivity index (χ4n) is 2.49. The van der Waals surface area contributed by atoms with Crippen molar-refractivity contribution in [3.05, 3.63) is 35.9 Å². The van der Waals surface area contributed by atoms with E-state index in [0.29, 0.717) is 19.6 Å². The molecule has 1 aromatic rings. The Bertz CT molecular complexity index is 475. The van der Waals surface area contributed by atoms with E-state index in [4.69, 9.17) is 4.74 Å². The topological polar surface area (TPSA) is 58.6 Å². The Morgan fingerprint density at radius 3 is 2.55 bits per heavy atom. The van der Waals surface area contributed by atoms with Gasteiger partial charge in [0.2, 0.25) is 5.91 Å². The molecule has 5 nitrogen and oxygen atoms in total. The van der Waals surface area contributed by atoms with Gasteiger partial charge in [-0.3, -0.25) is 9.59 Å². The van der Waals surface area contributed by atoms with Crippen molar-refractivity contribution < 1.29 is 14.3 Å². The SMILES string of the molecule is CCC1C(=O)NC(c2ccccc2)C(=O)N1CCOC. The van der Waals surface area contributed by atoms with Crippen LogP contribution in [0.5, 0.6) is 0 Å². The normalized spacial score (nSPS) is 22.8. The summed E-state index contributed by atoms with van der Waals surface area (Å²) in [6, 6.07) is 8.31. The Hall–Kier alpha value is -1.88. The third kappa shape index (κ3) is 2.82. The molecule has 5 heteroatoms. The van der Waals surface area contributed by atoms with E-state index in [1.807, 2.05) is 37.3 Å². The maximum absolute atomic E-state index is 12.6. The van der Waals surface area contributed by atoms with Crippen LogP contribution in [-0.2, 0) is 14.3 Å². The predicted octanol–water partition coefficient (Wildman–Crippen LogP) is 1.11. The third-order valence-electron chi connectivity index (χ3n) is 3.55. The standard InChI is InChI=1S/C15H20N2O3/c1-3-12-14(18)16-13(11-7-5-4-6-8-11)15(19)17(12)9-10-20-2/h4-8,12-13H,3,9-10H2,1-2H3,(H,16,18). The second-order valence-corrected chi connectivity index (χ2v) is 4.80. The van der Waals surface area contributed by atoms with Crippen molar-refractivity contribution in [2.45, 2.75) is 25.4 Å². The largest absolute Gasteiger partial charge is 0.383 e. The third-order valence-corrected chi connectivity index (χ3v) is 3.55. The van der Waals surface area contributed by atoms with E-state index in [1.165, 1.54) is 0 Å². The second kappa shape index (κ2) is 6.52. The molecule has 2 amide bonds. The van der Waals surface area contributed by atoms with Crippen LogP contribution in [0.25, 0.3) is 0 Å². The number of methoxy groups -OCH3 is 1. The van der Waals surface area contributed by atoms with Gasteiger partial charge in [-0.2, -0.15) is 0 Å². The van der Waals surface area contributed by atoms with Crippen LogP contribution in [0.3, 0.4) is 0 Å². The molecule has 2 rings (SSSR count). The van der Waals surface area contributed by atoms with E-state index in [9.17, 15) is 9.59 Å². The van der Waals surface area contributed by atoms with Gasteiger partial charge in [0.1, 0.15) is 12.1 Å². The molecule has 108 valence electrons. The highest BCUT2D eigenvalue weighted by molar-refractivity contribution is 5.97. The summed E-state index contributed by atoms with van der Waals surface area (Å²) in [6.07, 6.45) is 0.600. The molecule has 1 aliphatic heterocycles. The van der Waals surface area contributed by atoms with Gasteiger partial charge in [0.15, 0.2) is 0 Å². The van der Waals surface area contributed by atoms with Crippen molar-refractivity contribution in [3.63, 3.8) is 0 Å². The lowest BCUT2D eigenvalue weighted by atomic mass is 9.99. The number of hydrogen-bond acceptors (Lipinski definition) is 3. The lowest BCUT2D eigenvalue weighted by molar-refractivity contribution is -0.150. The minimum Gasteiger partial charge on any atom is -0.383 e. The molecular formula is C15H20N2O3. The fraction of sp³-hybridized carbons (Fsp3) is 0.467. The first-order chi connectivity index (χ1) is 9.69. The van der Waals surface area contributed by atoms with Crippen LogP contribution in [0.15, 0.2) is 30.3 Å². The summed E-state index contributed by atoms with van der Waals surface area (Å²) >= 11 is 0. The smallest absolute Gasteiger partial charge is 0.250 e. The van der Waals surface area contributed by atoms with Crippen LogP contribution in [0.4, 0.5) is 0 Å². The monoisotopic (exact) mass is 276 g/mol. The molecular weight excluding hydrogens is 256 g/mol. The van der Waals surface area contributed by atoms with Crippen LogP contribution in [-0.4, -0.2) is 43.0 Å². The van der Waals surface area contributed by atoms with Crippen molar-refractivity contribution >= 4 is 11.8 Å². The highest BCUT2D eigenvalue weighted by Crippen LogP contribution is 2.23. The minimum absolute atomic E-state index is 0.0697. The fourth-order valence-corrected chi connectivity index (χ4v) is 2.49. The molecule has 1 fully saturated rings. The number of carbonyl (C=O) groups is 2. The Morgan fingerprint density at radius 1 is 1.25 bits per heavy atom. The van der Waals surface area contributed by atoms with Crippen LogP contribution < -0.4 is 5.32 Å². The lowest BCUT2D eigenvalue weighted by Crippen LogP contribution is -2.60. The predicted molar refractivity (Wildman–Crippen MR) is 75.0 cm³/mol. The van der Waals surface area contributed by atoms with E-state index in [-0.39, 0.29) is 11.8 Å². The number of nitrogens with one attached hydrogen (secondary N) is 1. The van der Waals surface area contributed by atoms with E-state index in [1.54, 1.807) is 12.0 Å². The first-order valence-electron chi connectivity index (χ1n) is 6.83. The Morgan fingerprint density at radius 2 is 1.95 bits per heavy atom. The summed E-state index contributed by atoms with van der Waals surface area (Å²) in [5, 5.41) is 2.82. The van der Waals surface area contributed by atoms with E-state index in [2.05, 4.69) is 5.32 Å². The average Bonchev–Trinajstić information content (AvgIpc) is 2.48. The number of ether oxygens (including phenoxy) is 1. The molecule has 0 aromatic heterocycles. The van der Waals surface area contributed by atoms with E-state index >= 15 is 0 Å². The average molecular weight is 276 g/mol. The molecule has 0 saturated carbocycles. The Labute approximate surface area is 118 Å². The van der Waals surface area contributed by atoms with Crippen molar-refractivity contribution in [1.82, 2.24) is 10.2 Å². The van der Waals surface area contributed by atoms with Crippen molar-refractivity contribution in [2.24, 2.45) is 0 Å². The van der Waals surface area contributed by atoms with Gasteiger partial charge in [0.25, 0.3) is 5.91 Å². The summed E-state index contributed by atoms with van der Waals surface area (Å²) in [7, 11) is 1.59. The Kier molecular flexibility index (Phi) is 4.74. The quantitative estimate of drug-likeness (QED) is 0.876. The number of amides is 2. The van der Waals surface area contributed by atoms with Crippen molar-refractivity contribution in [2.75, 3.05) is 20.3 Å². The Balaban J connectivity index is 2.24. The zero-order valence-corrected chi connectivity index (χ0v) is 11.8. The zero-order chi connectivity index (χ0) is 14.5. The minimum atomic E-state index is -0.594. The van der Waals surface area contributed by atoms with Gasteiger partial charge in [-0.1, -0.05) is 37.3 Å². The first-order valence-corrected chi connectivity index (χ1v) is 6.83. The molecule has 1 heterocycles. The lowest BCUT2D eigenvalue weighted by Gasteiger charge is -2.38. The number of hydrogen-bond donors (Lipinski definition) is 1. The van der Waals surface area contributed by atoms with Crippen LogP contribution in [0.2, 0.25) is 0 Å². The van der Waals surface area contributed by atoms with Crippen LogP contribution in [0.1, 0.15) is 24.9 Å². The summed E-state index contributed by atoms with van der Waals surface area (Å²) in [6.45, 7) is 2.77. The molecule has 0 bridgehead atoms. The first kappa shape index (κ1) is 14.5. The molecule has 2 unspecified atom stereocenters. The molecule has 1 aromatic carbocycles. The molecule has 1 N–H and O–H groups in total. The van der Waals surface area contributed by atoms with E-state index < -0.39 is 12.1 Å². The highest BCUT2D eigenvalue weighted by Gasteiger charge is 2.39. The van der Waals surface area contributed by atoms with Gasteiger partial charge in [-0.05, 0) is 12.0 Å². The van der Waals surface area contributed by atoms with Gasteiger partial charge in [0.05, 0.1) is 6.61 Å². The summed E-state index contributed by atoms with van der Waals surface area (Å²) in [4.78, 5) is 26.4. The summed E-state index contributed by atoms with van der Waals surface area (Å²) < 4.78 is 5.04. The van der Waals surface area contributed by atoms with Gasteiger partial charge in [0, 0.05) is 13.7 Å². The number of piperazine rings is 1. The molecule has 1 saturated heterocycles. The van der Waals surface area contributed by atoms with Crippen LogP contribution >= 0.6 is 0 Å². The van der Waals surface area contributed by atoms with Crippen molar-refractivity contribution in [3.8, 4) is 0 Å². The number of rotatable bonds is 5. The second-order valence-electron chi connectivity index (χ2n) is 4.80. The molecule has 0 spiro atoms. The van der Waals surface area contributed by atoms with Gasteiger partial charge in [-0.25, -0.2) is 0 Å². The number of carbonyl (C=O) groups excluding carboxylic acids is 2. The van der Waals surface area contributed by atoms with Gasteiger partial charge >= 0.3 is 0 Å². The molecule has 20 heavy (non-hydrogen) atoms. The number of nitrogens with zero attached hydrogens (tertiary/aromatic N) is 1. The zero-order valence-electron chi connectivity index (χ0n) is 11.8. The highest BCUT2D eigenvalue weighted by atomic mass is 16.5. The molecule has 0 aliphatic carbocycles.